The number of nitrogens with one attached hydrogen (secondary N) is 2. The lowest BCUT2D eigenvalue weighted by Gasteiger charge is -2.35. The van der Waals surface area contributed by atoms with E-state index in [1.54, 1.807) is 18.6 Å². The van der Waals surface area contributed by atoms with Crippen molar-refractivity contribution in [1.29, 1.82) is 0 Å². The van der Waals surface area contributed by atoms with Gasteiger partial charge in [0.05, 0.1) is 48.0 Å². The first-order valence-electron chi connectivity index (χ1n) is 11.1. The number of hydrogen-bond acceptors (Lipinski definition) is 8. The summed E-state index contributed by atoms with van der Waals surface area (Å²) >= 11 is 6.41. The zero-order chi connectivity index (χ0) is 22.6. The molecule has 172 valence electrons. The fourth-order valence-corrected chi connectivity index (χ4v) is 4.07. The first-order chi connectivity index (χ1) is 15.4. The number of nitrogens with zero attached hydrogens (tertiary/aromatic N) is 3. The Morgan fingerprint density at radius 1 is 1.34 bits per heavy atom. The zero-order valence-electron chi connectivity index (χ0n) is 18.6. The Labute approximate surface area is 193 Å². The van der Waals surface area contributed by atoms with Crippen LogP contribution in [0.15, 0.2) is 24.7 Å². The molecule has 32 heavy (non-hydrogen) atoms. The number of carbonyl (C=O) groups is 1. The van der Waals surface area contributed by atoms with Crippen LogP contribution in [0.2, 0.25) is 5.02 Å². The van der Waals surface area contributed by atoms with Crippen molar-refractivity contribution in [2.75, 3.05) is 38.2 Å². The Hall–Kier alpha value is -2.13. The zero-order valence-corrected chi connectivity index (χ0v) is 19.3. The first-order valence-corrected chi connectivity index (χ1v) is 11.5. The van der Waals surface area contributed by atoms with E-state index in [4.69, 9.17) is 21.1 Å². The molecule has 9 heteroatoms. The smallest absolute Gasteiger partial charge is 0.145 e. The average molecular weight is 460 g/mol. The van der Waals surface area contributed by atoms with Gasteiger partial charge in [0.15, 0.2) is 0 Å². The van der Waals surface area contributed by atoms with Crippen LogP contribution in [0.25, 0.3) is 11.3 Å². The van der Waals surface area contributed by atoms with Gasteiger partial charge in [-0.05, 0) is 39.3 Å². The highest BCUT2D eigenvalue weighted by Gasteiger charge is 2.28. The summed E-state index contributed by atoms with van der Waals surface area (Å²) in [5.41, 5.74) is 1.77. The second-order valence-corrected chi connectivity index (χ2v) is 9.42. The number of aromatic nitrogens is 3. The molecule has 0 saturated carbocycles. The lowest BCUT2D eigenvalue weighted by atomic mass is 9.92. The van der Waals surface area contributed by atoms with Gasteiger partial charge < -0.3 is 20.1 Å². The number of ketones is 1. The number of anilines is 1. The number of hydrogen-bond donors (Lipinski definition) is 2. The van der Waals surface area contributed by atoms with Crippen molar-refractivity contribution >= 4 is 23.2 Å². The number of piperidine rings is 1. The largest absolute Gasteiger partial charge is 0.371 e. The molecule has 2 atom stereocenters. The van der Waals surface area contributed by atoms with Crippen LogP contribution in [-0.4, -0.2) is 65.3 Å². The standard InChI is InChI=1S/C23H30ClN5O3/c1-23(2)14-31-17(13-32-23)9-28-22-12-26-11-20(29-22)18-6-16(27-10-19(18)24)7-21(30)15-4-3-5-25-8-15/h6,10-12,15,17,25H,3-5,7-9,13-14H2,1-2H3,(H,28,29)/t15-,17+/m1/s1. The van der Waals surface area contributed by atoms with E-state index in [-0.39, 0.29) is 29.8 Å². The molecule has 2 saturated heterocycles. The van der Waals surface area contributed by atoms with Gasteiger partial charge in [0.2, 0.25) is 0 Å². The molecule has 2 aliphatic rings. The summed E-state index contributed by atoms with van der Waals surface area (Å²) in [5.74, 6) is 0.876. The van der Waals surface area contributed by atoms with Crippen LogP contribution >= 0.6 is 11.6 Å². The van der Waals surface area contributed by atoms with Crippen LogP contribution in [-0.2, 0) is 20.7 Å². The minimum absolute atomic E-state index is 0.0496. The Bertz CT molecular complexity index is 939. The third-order valence-corrected chi connectivity index (χ3v) is 6.07. The Morgan fingerprint density at radius 3 is 2.97 bits per heavy atom. The fourth-order valence-electron chi connectivity index (χ4n) is 3.87. The SMILES string of the molecule is CC1(C)CO[C@@H](CNc2cncc(-c3cc(CC(=O)[C@@H]4CCCNC4)ncc3Cl)n2)CO1. The summed E-state index contributed by atoms with van der Waals surface area (Å²) in [5, 5.41) is 7.02. The van der Waals surface area contributed by atoms with E-state index in [1.807, 2.05) is 19.9 Å². The maximum absolute atomic E-state index is 12.7. The molecule has 0 amide bonds. The number of Topliss-reactive ketones (excluding diaryl/α,β-unsaturated/α-hetero) is 1. The highest BCUT2D eigenvalue weighted by atomic mass is 35.5. The monoisotopic (exact) mass is 459 g/mol. The van der Waals surface area contributed by atoms with E-state index in [2.05, 4.69) is 25.6 Å². The lowest BCUT2D eigenvalue weighted by molar-refractivity contribution is -0.170. The predicted molar refractivity (Wildman–Crippen MR) is 123 cm³/mol. The quantitative estimate of drug-likeness (QED) is 0.652. The number of halogens is 1. The Kier molecular flexibility index (Phi) is 7.35. The van der Waals surface area contributed by atoms with Crippen LogP contribution in [0.1, 0.15) is 32.4 Å². The molecule has 8 nitrogen and oxygen atoms in total. The van der Waals surface area contributed by atoms with Gasteiger partial charge in [-0.15, -0.1) is 0 Å². The van der Waals surface area contributed by atoms with Crippen molar-refractivity contribution in [3.63, 3.8) is 0 Å². The van der Waals surface area contributed by atoms with Crippen molar-refractivity contribution in [1.82, 2.24) is 20.3 Å². The van der Waals surface area contributed by atoms with Gasteiger partial charge in [-0.3, -0.25) is 14.8 Å². The van der Waals surface area contributed by atoms with E-state index in [9.17, 15) is 4.79 Å². The summed E-state index contributed by atoms with van der Waals surface area (Å²) < 4.78 is 11.7. The molecule has 0 spiro atoms. The molecule has 2 fully saturated rings. The molecule has 2 aromatic heterocycles. The Morgan fingerprint density at radius 2 is 2.22 bits per heavy atom. The molecule has 2 aliphatic heterocycles. The van der Waals surface area contributed by atoms with E-state index >= 15 is 0 Å². The van der Waals surface area contributed by atoms with Crippen LogP contribution in [0, 0.1) is 5.92 Å². The molecular formula is C23H30ClN5O3. The van der Waals surface area contributed by atoms with E-state index < -0.39 is 0 Å². The summed E-state index contributed by atoms with van der Waals surface area (Å²) in [4.78, 5) is 26.0. The van der Waals surface area contributed by atoms with Crippen molar-refractivity contribution in [3.8, 4) is 11.3 Å². The number of carbonyl (C=O) groups excluding carboxylic acids is 1. The third-order valence-electron chi connectivity index (χ3n) is 5.77. The van der Waals surface area contributed by atoms with Crippen molar-refractivity contribution in [3.05, 3.63) is 35.4 Å². The van der Waals surface area contributed by atoms with E-state index in [0.717, 1.165) is 25.9 Å². The molecule has 0 bridgehead atoms. The Balaban J connectivity index is 1.41. The van der Waals surface area contributed by atoms with Crippen LogP contribution in [0.3, 0.4) is 0 Å². The molecule has 2 aromatic rings. The van der Waals surface area contributed by atoms with Gasteiger partial charge in [-0.2, -0.15) is 0 Å². The van der Waals surface area contributed by atoms with Crippen LogP contribution in [0.5, 0.6) is 0 Å². The highest BCUT2D eigenvalue weighted by molar-refractivity contribution is 6.33. The van der Waals surface area contributed by atoms with Gasteiger partial charge in [0.25, 0.3) is 0 Å². The highest BCUT2D eigenvalue weighted by Crippen LogP contribution is 2.27. The normalized spacial score (nSPS) is 23.0. The lowest BCUT2D eigenvalue weighted by Crippen LogP contribution is -2.44. The van der Waals surface area contributed by atoms with Gasteiger partial charge in [-0.1, -0.05) is 11.6 Å². The molecule has 4 heterocycles. The van der Waals surface area contributed by atoms with E-state index in [0.29, 0.717) is 47.6 Å². The van der Waals surface area contributed by atoms with Crippen LogP contribution < -0.4 is 10.6 Å². The molecule has 0 unspecified atom stereocenters. The topological polar surface area (TPSA) is 98.3 Å². The third kappa shape index (κ3) is 6.01. The van der Waals surface area contributed by atoms with Gasteiger partial charge in [0.1, 0.15) is 11.6 Å². The maximum atomic E-state index is 12.7. The molecule has 0 aromatic carbocycles. The average Bonchev–Trinajstić information content (AvgIpc) is 2.80. The summed E-state index contributed by atoms with van der Waals surface area (Å²) in [6.07, 6.45) is 7.09. The van der Waals surface area contributed by atoms with Gasteiger partial charge in [0, 0.05) is 42.9 Å². The second-order valence-electron chi connectivity index (χ2n) is 9.02. The minimum atomic E-state index is -0.249. The molecule has 0 radical (unpaired) electrons. The maximum Gasteiger partial charge on any atom is 0.145 e. The molecule has 2 N–H and O–H groups in total. The number of rotatable bonds is 7. The van der Waals surface area contributed by atoms with Gasteiger partial charge in [-0.25, -0.2) is 4.98 Å². The van der Waals surface area contributed by atoms with Crippen molar-refractivity contribution in [2.45, 2.75) is 44.8 Å². The van der Waals surface area contributed by atoms with Crippen LogP contribution in [0.4, 0.5) is 5.82 Å². The van der Waals surface area contributed by atoms with Gasteiger partial charge >= 0.3 is 0 Å². The fraction of sp³-hybridized carbons (Fsp3) is 0.565. The summed E-state index contributed by atoms with van der Waals surface area (Å²) in [6.45, 7) is 7.39. The van der Waals surface area contributed by atoms with Crippen molar-refractivity contribution in [2.24, 2.45) is 5.92 Å². The first kappa shape index (κ1) is 23.0. The van der Waals surface area contributed by atoms with E-state index in [1.165, 1.54) is 0 Å². The number of pyridine rings is 1. The predicted octanol–water partition coefficient (Wildman–Crippen LogP) is 2.91. The molecular weight excluding hydrogens is 430 g/mol. The summed E-state index contributed by atoms with van der Waals surface area (Å²) in [7, 11) is 0. The molecule has 0 aliphatic carbocycles. The van der Waals surface area contributed by atoms with Crippen molar-refractivity contribution < 1.29 is 14.3 Å². The summed E-state index contributed by atoms with van der Waals surface area (Å²) in [6, 6.07) is 1.84. The number of ether oxygens (including phenoxy) is 2. The minimum Gasteiger partial charge on any atom is -0.371 e. The second kappa shape index (κ2) is 10.2. The molecule has 4 rings (SSSR count).